The quantitative estimate of drug-likeness (QED) is 0.494. The topological polar surface area (TPSA) is 80.5 Å². The molecule has 6 nitrogen and oxygen atoms in total. The Kier molecular flexibility index (Phi) is 3.23. The van der Waals surface area contributed by atoms with Crippen molar-refractivity contribution in [2.75, 3.05) is 0 Å². The van der Waals surface area contributed by atoms with Gasteiger partial charge in [0, 0.05) is 10.9 Å². The van der Waals surface area contributed by atoms with Gasteiger partial charge < -0.3 is 0 Å². The van der Waals surface area contributed by atoms with Gasteiger partial charge in [0.05, 0.1) is 21.4 Å². The second-order valence-electron chi connectivity index (χ2n) is 4.36. The Bertz CT molecular complexity index is 786. The fraction of sp³-hybridized carbons (Fsp3) is 0.0769. The molecule has 0 saturated heterocycles. The molecular weight excluding hydrogens is 316 g/mol. The van der Waals surface area contributed by atoms with Crippen molar-refractivity contribution in [3.05, 3.63) is 60.8 Å². The first kappa shape index (κ1) is 13.7. The molecule has 0 spiro atoms. The molecule has 2 aromatic rings. The summed E-state index contributed by atoms with van der Waals surface area (Å²) in [7, 11) is 0. The summed E-state index contributed by atoms with van der Waals surface area (Å²) < 4.78 is 0.549. The Hall–Kier alpha value is -2.25. The first-order chi connectivity index (χ1) is 9.99. The Morgan fingerprint density at radius 3 is 2.57 bits per heavy atom. The molecule has 0 radical (unpaired) electrons. The van der Waals surface area contributed by atoms with Gasteiger partial charge in [-0.1, -0.05) is 17.7 Å². The van der Waals surface area contributed by atoms with E-state index in [1.807, 2.05) is 0 Å². The van der Waals surface area contributed by atoms with Gasteiger partial charge in [-0.05, 0) is 18.2 Å². The van der Waals surface area contributed by atoms with Crippen molar-refractivity contribution >= 4 is 40.4 Å². The summed E-state index contributed by atoms with van der Waals surface area (Å²) >= 11 is 7.07. The van der Waals surface area contributed by atoms with Crippen molar-refractivity contribution in [1.29, 1.82) is 0 Å². The van der Waals surface area contributed by atoms with Gasteiger partial charge in [0.15, 0.2) is 0 Å². The molecule has 0 N–H and O–H groups in total. The van der Waals surface area contributed by atoms with E-state index in [4.69, 9.17) is 11.6 Å². The number of nitro groups is 1. The largest absolute Gasteiger partial charge is 0.282 e. The fourth-order valence-corrected chi connectivity index (χ4v) is 3.28. The van der Waals surface area contributed by atoms with Crippen LogP contribution in [0.15, 0.2) is 30.3 Å². The van der Waals surface area contributed by atoms with Crippen LogP contribution in [-0.4, -0.2) is 21.6 Å². The van der Waals surface area contributed by atoms with Crippen LogP contribution in [0.5, 0.6) is 0 Å². The van der Waals surface area contributed by atoms with Gasteiger partial charge in [-0.2, -0.15) is 0 Å². The highest BCUT2D eigenvalue weighted by Crippen LogP contribution is 2.32. The molecule has 8 heteroatoms. The fourth-order valence-electron chi connectivity index (χ4n) is 2.20. The Morgan fingerprint density at radius 1 is 1.19 bits per heavy atom. The normalized spacial score (nSPS) is 13.7. The number of hydrogen-bond donors (Lipinski definition) is 0. The molecule has 0 fully saturated rings. The van der Waals surface area contributed by atoms with E-state index >= 15 is 0 Å². The van der Waals surface area contributed by atoms with Crippen molar-refractivity contribution in [3.63, 3.8) is 0 Å². The van der Waals surface area contributed by atoms with Gasteiger partial charge in [0.1, 0.15) is 5.56 Å². The lowest BCUT2D eigenvalue weighted by Gasteiger charge is -2.11. The zero-order valence-corrected chi connectivity index (χ0v) is 12.0. The van der Waals surface area contributed by atoms with Crippen molar-refractivity contribution in [3.8, 4) is 0 Å². The number of nitrogens with zero attached hydrogens (tertiary/aromatic N) is 2. The van der Waals surface area contributed by atoms with E-state index in [2.05, 4.69) is 0 Å². The molecule has 1 aromatic carbocycles. The lowest BCUT2D eigenvalue weighted by atomic mass is 10.1. The molecule has 21 heavy (non-hydrogen) atoms. The third-order valence-electron chi connectivity index (χ3n) is 3.12. The van der Waals surface area contributed by atoms with Crippen LogP contribution >= 0.6 is 22.9 Å². The highest BCUT2D eigenvalue weighted by molar-refractivity contribution is 7.16. The SMILES string of the molecule is O=C1c2cccc([N+](=O)[O-])c2C(=O)N1Cc1ccc(Cl)s1. The van der Waals surface area contributed by atoms with Gasteiger partial charge in [0.2, 0.25) is 0 Å². The Morgan fingerprint density at radius 2 is 1.95 bits per heavy atom. The van der Waals surface area contributed by atoms with Crippen LogP contribution in [0.4, 0.5) is 5.69 Å². The van der Waals surface area contributed by atoms with Gasteiger partial charge >= 0.3 is 0 Å². The maximum Gasteiger partial charge on any atom is 0.282 e. The summed E-state index contributed by atoms with van der Waals surface area (Å²) in [5, 5.41) is 11.0. The summed E-state index contributed by atoms with van der Waals surface area (Å²) in [5.41, 5.74) is -0.426. The van der Waals surface area contributed by atoms with Gasteiger partial charge in [-0.3, -0.25) is 24.6 Å². The molecule has 0 unspecified atom stereocenters. The van der Waals surface area contributed by atoms with Crippen LogP contribution in [0.2, 0.25) is 4.34 Å². The molecule has 2 amide bonds. The molecule has 106 valence electrons. The number of carbonyl (C=O) groups excluding carboxylic acids is 2. The second-order valence-corrected chi connectivity index (χ2v) is 6.16. The number of amides is 2. The van der Waals surface area contributed by atoms with Gasteiger partial charge in [-0.25, -0.2) is 0 Å². The minimum absolute atomic E-state index is 0.0564. The van der Waals surface area contributed by atoms with E-state index in [0.717, 1.165) is 9.78 Å². The predicted octanol–water partition coefficient (Wildman–Crippen LogP) is 3.11. The highest BCUT2D eigenvalue weighted by Gasteiger charge is 2.40. The molecule has 2 heterocycles. The summed E-state index contributed by atoms with van der Waals surface area (Å²) in [6.07, 6.45) is 0. The monoisotopic (exact) mass is 322 g/mol. The molecule has 0 bridgehead atoms. The highest BCUT2D eigenvalue weighted by atomic mass is 35.5. The molecule has 0 aliphatic carbocycles. The van der Waals surface area contributed by atoms with E-state index in [-0.39, 0.29) is 23.4 Å². The predicted molar refractivity (Wildman–Crippen MR) is 76.6 cm³/mol. The van der Waals surface area contributed by atoms with Crippen LogP contribution in [0.25, 0.3) is 0 Å². The molecule has 0 atom stereocenters. The summed E-state index contributed by atoms with van der Waals surface area (Å²) in [5.74, 6) is -1.17. The van der Waals surface area contributed by atoms with Crippen molar-refractivity contribution in [1.82, 2.24) is 4.90 Å². The average Bonchev–Trinajstić information content (AvgIpc) is 2.96. The summed E-state index contributed by atoms with van der Waals surface area (Å²) in [6, 6.07) is 7.42. The zero-order chi connectivity index (χ0) is 15.1. The summed E-state index contributed by atoms with van der Waals surface area (Å²) in [4.78, 5) is 36.6. The Labute approximate surface area is 127 Å². The number of nitro benzene ring substituents is 1. The molecule has 1 aliphatic heterocycles. The number of halogens is 1. The minimum Gasteiger partial charge on any atom is -0.269 e. The standard InChI is InChI=1S/C13H7ClN2O4S/c14-10-5-4-7(21-10)6-15-12(17)8-2-1-3-9(16(19)20)11(8)13(15)18/h1-5H,6H2. The maximum absolute atomic E-state index is 12.3. The van der Waals surface area contributed by atoms with Crippen molar-refractivity contribution in [2.45, 2.75) is 6.54 Å². The van der Waals surface area contributed by atoms with Crippen LogP contribution in [0, 0.1) is 10.1 Å². The van der Waals surface area contributed by atoms with E-state index in [1.54, 1.807) is 12.1 Å². The smallest absolute Gasteiger partial charge is 0.269 e. The third kappa shape index (κ3) is 2.20. The maximum atomic E-state index is 12.3. The number of fused-ring (bicyclic) bond motifs is 1. The van der Waals surface area contributed by atoms with Crippen LogP contribution in [-0.2, 0) is 6.54 Å². The first-order valence-corrected chi connectivity index (χ1v) is 7.06. The van der Waals surface area contributed by atoms with Crippen molar-refractivity contribution in [2.24, 2.45) is 0 Å². The lowest BCUT2D eigenvalue weighted by molar-refractivity contribution is -0.385. The van der Waals surface area contributed by atoms with Crippen LogP contribution < -0.4 is 0 Å². The van der Waals surface area contributed by atoms with Gasteiger partial charge in [-0.15, -0.1) is 11.3 Å². The van der Waals surface area contributed by atoms with Crippen LogP contribution in [0.1, 0.15) is 25.6 Å². The molecular formula is C13H7ClN2O4S. The summed E-state index contributed by atoms with van der Waals surface area (Å²) in [6.45, 7) is 0.0564. The van der Waals surface area contributed by atoms with Crippen LogP contribution in [0.3, 0.4) is 0 Å². The molecule has 0 saturated carbocycles. The number of benzene rings is 1. The Balaban J connectivity index is 2.01. The minimum atomic E-state index is -0.657. The number of carbonyl (C=O) groups is 2. The number of rotatable bonds is 3. The van der Waals surface area contributed by atoms with E-state index in [9.17, 15) is 19.7 Å². The van der Waals surface area contributed by atoms with Gasteiger partial charge in [0.25, 0.3) is 17.5 Å². The molecule has 3 rings (SSSR count). The zero-order valence-electron chi connectivity index (χ0n) is 10.4. The van der Waals surface area contributed by atoms with E-state index < -0.39 is 16.7 Å². The third-order valence-corrected chi connectivity index (χ3v) is 4.33. The molecule has 1 aliphatic rings. The van der Waals surface area contributed by atoms with Crippen molar-refractivity contribution < 1.29 is 14.5 Å². The average molecular weight is 323 g/mol. The second kappa shape index (κ2) is 4.94. The lowest BCUT2D eigenvalue weighted by Crippen LogP contribution is -2.28. The van der Waals surface area contributed by atoms with E-state index in [0.29, 0.717) is 4.34 Å². The number of hydrogen-bond acceptors (Lipinski definition) is 5. The molecule has 1 aromatic heterocycles. The first-order valence-electron chi connectivity index (χ1n) is 5.87. The number of thiophene rings is 1. The van der Waals surface area contributed by atoms with E-state index in [1.165, 1.54) is 29.5 Å². The number of imide groups is 1.